The Morgan fingerprint density at radius 3 is 2.54 bits per heavy atom. The van der Waals surface area contributed by atoms with E-state index in [4.69, 9.17) is 5.11 Å². The van der Waals surface area contributed by atoms with E-state index in [1.165, 1.54) is 18.2 Å². The zero-order valence-corrected chi connectivity index (χ0v) is 13.7. The SMILES string of the molecule is O=C(O)CC1CCN(C(=O)c2cc3ccc(OC(F)(F)F)cc3[nH]2)CC1. The lowest BCUT2D eigenvalue weighted by Crippen LogP contribution is -2.39. The summed E-state index contributed by atoms with van der Waals surface area (Å²) in [6.45, 7) is 0.906. The molecule has 0 bridgehead atoms. The van der Waals surface area contributed by atoms with Crippen molar-refractivity contribution in [2.75, 3.05) is 13.1 Å². The van der Waals surface area contributed by atoms with E-state index < -0.39 is 12.3 Å². The zero-order valence-electron chi connectivity index (χ0n) is 13.7. The number of nitrogens with zero attached hydrogens (tertiary/aromatic N) is 1. The van der Waals surface area contributed by atoms with Crippen LogP contribution in [0.5, 0.6) is 5.75 Å². The first kappa shape index (κ1) is 18.1. The van der Waals surface area contributed by atoms with Crippen molar-refractivity contribution in [3.05, 3.63) is 30.0 Å². The fourth-order valence-corrected chi connectivity index (χ4v) is 3.18. The summed E-state index contributed by atoms with van der Waals surface area (Å²) in [6, 6.07) is 5.41. The smallest absolute Gasteiger partial charge is 0.481 e. The Kier molecular flexibility index (Phi) is 4.80. The summed E-state index contributed by atoms with van der Waals surface area (Å²) in [7, 11) is 0. The molecular weight excluding hydrogens is 353 g/mol. The van der Waals surface area contributed by atoms with Crippen LogP contribution in [0.4, 0.5) is 13.2 Å². The van der Waals surface area contributed by atoms with Gasteiger partial charge in [0.25, 0.3) is 5.91 Å². The summed E-state index contributed by atoms with van der Waals surface area (Å²) in [6.07, 6.45) is -3.46. The standard InChI is InChI=1S/C17H17F3N2O4/c18-17(19,20)26-12-2-1-11-8-14(21-13(11)9-12)16(25)22-5-3-10(4-6-22)7-15(23)24/h1-2,8-10,21H,3-7H2,(H,23,24). The Morgan fingerprint density at radius 1 is 1.23 bits per heavy atom. The molecule has 2 N–H and O–H groups in total. The number of hydrogen-bond donors (Lipinski definition) is 2. The Labute approximate surface area is 146 Å². The number of benzene rings is 1. The minimum absolute atomic E-state index is 0.0568. The number of aromatic nitrogens is 1. The van der Waals surface area contributed by atoms with Crippen LogP contribution >= 0.6 is 0 Å². The number of carbonyl (C=O) groups is 2. The minimum Gasteiger partial charge on any atom is -0.481 e. The minimum atomic E-state index is -4.78. The molecule has 0 unspecified atom stereocenters. The molecule has 3 rings (SSSR count). The van der Waals surface area contributed by atoms with Gasteiger partial charge in [0.1, 0.15) is 11.4 Å². The van der Waals surface area contributed by atoms with Gasteiger partial charge in [0.2, 0.25) is 0 Å². The third-order valence-electron chi connectivity index (χ3n) is 4.42. The highest BCUT2D eigenvalue weighted by molar-refractivity contribution is 5.98. The van der Waals surface area contributed by atoms with Crippen molar-refractivity contribution in [3.8, 4) is 5.75 Å². The highest BCUT2D eigenvalue weighted by atomic mass is 19.4. The van der Waals surface area contributed by atoms with Crippen LogP contribution in [-0.4, -0.2) is 46.3 Å². The van der Waals surface area contributed by atoms with Crippen LogP contribution in [0.15, 0.2) is 24.3 Å². The van der Waals surface area contributed by atoms with Gasteiger partial charge in [-0.2, -0.15) is 0 Å². The Balaban J connectivity index is 1.70. The van der Waals surface area contributed by atoms with Crippen molar-refractivity contribution in [3.63, 3.8) is 0 Å². The van der Waals surface area contributed by atoms with E-state index in [1.807, 2.05) is 0 Å². The Bertz CT molecular complexity index is 823. The molecule has 26 heavy (non-hydrogen) atoms. The molecule has 0 saturated carbocycles. The first-order valence-electron chi connectivity index (χ1n) is 8.11. The number of alkyl halides is 3. The van der Waals surface area contributed by atoms with E-state index >= 15 is 0 Å². The molecule has 1 fully saturated rings. The monoisotopic (exact) mass is 370 g/mol. The van der Waals surface area contributed by atoms with Gasteiger partial charge in [-0.05, 0) is 37.0 Å². The number of fused-ring (bicyclic) bond motifs is 1. The van der Waals surface area contributed by atoms with Crippen molar-refractivity contribution in [2.45, 2.75) is 25.6 Å². The lowest BCUT2D eigenvalue weighted by atomic mass is 9.93. The van der Waals surface area contributed by atoms with Crippen molar-refractivity contribution in [1.29, 1.82) is 0 Å². The predicted molar refractivity (Wildman–Crippen MR) is 85.9 cm³/mol. The highest BCUT2D eigenvalue weighted by Crippen LogP contribution is 2.28. The second-order valence-corrected chi connectivity index (χ2v) is 6.31. The van der Waals surface area contributed by atoms with Crippen molar-refractivity contribution < 1.29 is 32.6 Å². The van der Waals surface area contributed by atoms with Gasteiger partial charge in [-0.3, -0.25) is 9.59 Å². The van der Waals surface area contributed by atoms with E-state index in [-0.39, 0.29) is 29.7 Å². The molecule has 1 aromatic heterocycles. The highest BCUT2D eigenvalue weighted by Gasteiger charge is 2.31. The van der Waals surface area contributed by atoms with E-state index in [9.17, 15) is 22.8 Å². The van der Waals surface area contributed by atoms with E-state index in [0.717, 1.165) is 0 Å². The summed E-state index contributed by atoms with van der Waals surface area (Å²) < 4.78 is 40.8. The molecular formula is C17H17F3N2O4. The van der Waals surface area contributed by atoms with Gasteiger partial charge in [0, 0.05) is 36.5 Å². The summed E-state index contributed by atoms with van der Waals surface area (Å²) >= 11 is 0. The summed E-state index contributed by atoms with van der Waals surface area (Å²) in [5, 5.41) is 9.43. The van der Waals surface area contributed by atoms with Gasteiger partial charge in [-0.25, -0.2) is 0 Å². The average Bonchev–Trinajstić information content (AvgIpc) is 2.96. The molecule has 140 valence electrons. The van der Waals surface area contributed by atoms with Crippen LogP contribution in [0.1, 0.15) is 29.8 Å². The Morgan fingerprint density at radius 2 is 1.92 bits per heavy atom. The molecule has 1 saturated heterocycles. The topological polar surface area (TPSA) is 82.6 Å². The molecule has 0 spiro atoms. The van der Waals surface area contributed by atoms with Gasteiger partial charge < -0.3 is 19.7 Å². The summed E-state index contributed by atoms with van der Waals surface area (Å²) in [5.41, 5.74) is 0.650. The molecule has 0 radical (unpaired) electrons. The maximum absolute atomic E-state index is 12.6. The number of H-pyrrole nitrogens is 1. The van der Waals surface area contributed by atoms with Gasteiger partial charge >= 0.3 is 12.3 Å². The zero-order chi connectivity index (χ0) is 18.9. The van der Waals surface area contributed by atoms with Gasteiger partial charge in [-0.1, -0.05) is 0 Å². The summed E-state index contributed by atoms with van der Waals surface area (Å²) in [5.74, 6) is -1.41. The third-order valence-corrected chi connectivity index (χ3v) is 4.42. The lowest BCUT2D eigenvalue weighted by molar-refractivity contribution is -0.274. The molecule has 1 aromatic carbocycles. The number of amides is 1. The molecule has 1 aliphatic rings. The van der Waals surface area contributed by atoms with Crippen LogP contribution in [0.2, 0.25) is 0 Å². The molecule has 2 heterocycles. The van der Waals surface area contributed by atoms with E-state index in [0.29, 0.717) is 36.8 Å². The number of carbonyl (C=O) groups excluding carboxylic acids is 1. The average molecular weight is 370 g/mol. The first-order valence-corrected chi connectivity index (χ1v) is 8.11. The number of piperidine rings is 1. The quantitative estimate of drug-likeness (QED) is 0.864. The number of hydrogen-bond acceptors (Lipinski definition) is 3. The number of ether oxygens (including phenoxy) is 1. The molecule has 2 aromatic rings. The van der Waals surface area contributed by atoms with Crippen LogP contribution < -0.4 is 4.74 Å². The second-order valence-electron chi connectivity index (χ2n) is 6.31. The predicted octanol–water partition coefficient (Wildman–Crippen LogP) is 3.39. The Hall–Kier alpha value is -2.71. The van der Waals surface area contributed by atoms with Gasteiger partial charge in [0.15, 0.2) is 0 Å². The van der Waals surface area contributed by atoms with Crippen molar-refractivity contribution >= 4 is 22.8 Å². The lowest BCUT2D eigenvalue weighted by Gasteiger charge is -2.31. The number of aromatic amines is 1. The number of halogens is 3. The van der Waals surface area contributed by atoms with Crippen LogP contribution in [0.3, 0.4) is 0 Å². The fraction of sp³-hybridized carbons (Fsp3) is 0.412. The summed E-state index contributed by atoms with van der Waals surface area (Å²) in [4.78, 5) is 27.8. The van der Waals surface area contributed by atoms with Crippen molar-refractivity contribution in [2.24, 2.45) is 5.92 Å². The molecule has 6 nitrogen and oxygen atoms in total. The van der Waals surface area contributed by atoms with E-state index in [2.05, 4.69) is 9.72 Å². The van der Waals surface area contributed by atoms with Crippen LogP contribution in [0, 0.1) is 5.92 Å². The molecule has 1 amide bonds. The molecule has 0 aliphatic carbocycles. The van der Waals surface area contributed by atoms with Crippen LogP contribution in [0.25, 0.3) is 10.9 Å². The maximum Gasteiger partial charge on any atom is 0.573 e. The molecule has 9 heteroatoms. The number of nitrogens with one attached hydrogen (secondary N) is 1. The first-order chi connectivity index (χ1) is 12.2. The number of rotatable bonds is 4. The number of aliphatic carboxylic acids is 1. The third kappa shape index (κ3) is 4.27. The largest absolute Gasteiger partial charge is 0.573 e. The van der Waals surface area contributed by atoms with E-state index in [1.54, 1.807) is 11.0 Å². The molecule has 0 atom stereocenters. The van der Waals surface area contributed by atoms with Crippen LogP contribution in [-0.2, 0) is 4.79 Å². The fourth-order valence-electron chi connectivity index (χ4n) is 3.18. The van der Waals surface area contributed by atoms with Crippen molar-refractivity contribution in [1.82, 2.24) is 9.88 Å². The number of likely N-dealkylation sites (tertiary alicyclic amines) is 1. The normalized spacial score (nSPS) is 16.0. The molecule has 1 aliphatic heterocycles. The van der Waals surface area contributed by atoms with Gasteiger partial charge in [-0.15, -0.1) is 13.2 Å². The van der Waals surface area contributed by atoms with Gasteiger partial charge in [0.05, 0.1) is 0 Å². The number of carboxylic acid groups (broad SMARTS) is 1. The number of carboxylic acids is 1. The maximum atomic E-state index is 12.6. The second kappa shape index (κ2) is 6.89.